The van der Waals surface area contributed by atoms with Crippen molar-refractivity contribution in [3.05, 3.63) is 75.2 Å². The minimum atomic E-state index is -0.0865. The highest BCUT2D eigenvalue weighted by molar-refractivity contribution is 9.10. The van der Waals surface area contributed by atoms with E-state index in [1.807, 2.05) is 46.2 Å². The molecule has 0 radical (unpaired) electrons. The number of urea groups is 1. The van der Waals surface area contributed by atoms with Crippen LogP contribution in [0.4, 0.5) is 10.5 Å². The topological polar surface area (TPSA) is 55.9 Å². The third-order valence-electron chi connectivity index (χ3n) is 8.78. The van der Waals surface area contributed by atoms with Crippen LogP contribution in [0.3, 0.4) is 0 Å². The van der Waals surface area contributed by atoms with E-state index >= 15 is 0 Å². The molecule has 8 heteroatoms. The van der Waals surface area contributed by atoms with Gasteiger partial charge in [0.1, 0.15) is 0 Å². The zero-order valence-corrected chi connectivity index (χ0v) is 24.5. The molecule has 2 fully saturated rings. The lowest BCUT2D eigenvalue weighted by Gasteiger charge is -2.57. The lowest BCUT2D eigenvalue weighted by Crippen LogP contribution is -2.52. The Hall–Kier alpha value is -2.35. The molecule has 3 aliphatic carbocycles. The fourth-order valence-electron chi connectivity index (χ4n) is 6.08. The second-order valence-corrected chi connectivity index (χ2v) is 12.7. The van der Waals surface area contributed by atoms with Crippen molar-refractivity contribution < 1.29 is 9.59 Å². The monoisotopic (exact) mass is 598 g/mol. The summed E-state index contributed by atoms with van der Waals surface area (Å²) in [6.07, 6.45) is 4.72. The summed E-state index contributed by atoms with van der Waals surface area (Å²) < 4.78 is 0.966. The van der Waals surface area contributed by atoms with Crippen molar-refractivity contribution in [2.45, 2.75) is 26.7 Å². The van der Waals surface area contributed by atoms with Crippen LogP contribution in [0, 0.1) is 17.3 Å². The molecular weight excluding hydrogens is 564 g/mol. The second-order valence-electron chi connectivity index (χ2n) is 11.3. The highest BCUT2D eigenvalue weighted by Crippen LogP contribution is 2.59. The molecule has 202 valence electrons. The first-order chi connectivity index (χ1) is 18.2. The molecule has 6 rings (SSSR count). The number of halogens is 2. The minimum absolute atomic E-state index is 0.0757. The highest BCUT2D eigenvalue weighted by atomic mass is 79.9. The summed E-state index contributed by atoms with van der Waals surface area (Å²) in [5.41, 5.74) is 3.17. The average molecular weight is 600 g/mol. The molecule has 1 saturated carbocycles. The Bertz CT molecular complexity index is 1190. The van der Waals surface area contributed by atoms with E-state index in [2.05, 4.69) is 46.1 Å². The number of rotatable bonds is 7. The van der Waals surface area contributed by atoms with E-state index in [1.54, 1.807) is 12.1 Å². The number of anilines is 1. The van der Waals surface area contributed by atoms with Crippen LogP contribution in [-0.4, -0.2) is 72.5 Å². The first-order valence-corrected chi connectivity index (χ1v) is 14.7. The molecule has 2 aromatic carbocycles. The zero-order valence-electron chi connectivity index (χ0n) is 22.1. The largest absolute Gasteiger partial charge is 0.336 e. The number of allylic oxidation sites excluding steroid dienone is 1. The van der Waals surface area contributed by atoms with Crippen molar-refractivity contribution in [1.29, 1.82) is 0 Å². The van der Waals surface area contributed by atoms with Crippen molar-refractivity contribution in [1.82, 2.24) is 14.7 Å². The molecule has 2 aromatic rings. The van der Waals surface area contributed by atoms with Crippen molar-refractivity contribution in [2.24, 2.45) is 17.3 Å². The molecule has 2 unspecified atom stereocenters. The number of hydrogen-bond acceptors (Lipinski definition) is 3. The van der Waals surface area contributed by atoms with Gasteiger partial charge >= 0.3 is 6.03 Å². The molecular formula is C30H36BrClN4O2. The quantitative estimate of drug-likeness (QED) is 0.376. The SMILES string of the molecule is CC1(C)C2CC=C(CN(CCN3CCN(C(=O)c4ccc(Br)cc4)CC3)C(=O)Nc3ccc(Cl)cc3)C1C2. The zero-order chi connectivity index (χ0) is 26.9. The first-order valence-electron chi connectivity index (χ1n) is 13.5. The third-order valence-corrected chi connectivity index (χ3v) is 9.56. The van der Waals surface area contributed by atoms with Gasteiger partial charge in [-0.2, -0.15) is 0 Å². The van der Waals surface area contributed by atoms with Gasteiger partial charge in [-0.15, -0.1) is 0 Å². The Morgan fingerprint density at radius 2 is 1.74 bits per heavy atom. The summed E-state index contributed by atoms with van der Waals surface area (Å²) in [7, 11) is 0. The maximum Gasteiger partial charge on any atom is 0.322 e. The third kappa shape index (κ3) is 5.95. The van der Waals surface area contributed by atoms with E-state index in [0.717, 1.165) is 42.1 Å². The van der Waals surface area contributed by atoms with Crippen LogP contribution in [0.25, 0.3) is 0 Å². The van der Waals surface area contributed by atoms with E-state index < -0.39 is 0 Å². The van der Waals surface area contributed by atoms with Crippen LogP contribution >= 0.6 is 27.5 Å². The predicted molar refractivity (Wildman–Crippen MR) is 157 cm³/mol. The molecule has 2 bridgehead atoms. The molecule has 6 nitrogen and oxygen atoms in total. The number of benzene rings is 2. The van der Waals surface area contributed by atoms with Gasteiger partial charge in [-0.3, -0.25) is 9.69 Å². The van der Waals surface area contributed by atoms with Gasteiger partial charge in [0.15, 0.2) is 0 Å². The number of carbonyl (C=O) groups excluding carboxylic acids is 2. The van der Waals surface area contributed by atoms with E-state index in [4.69, 9.17) is 11.6 Å². The molecule has 1 heterocycles. The molecule has 0 spiro atoms. The Morgan fingerprint density at radius 3 is 2.37 bits per heavy atom. The van der Waals surface area contributed by atoms with Crippen molar-refractivity contribution >= 4 is 45.2 Å². The van der Waals surface area contributed by atoms with E-state index in [1.165, 1.54) is 12.0 Å². The smallest absolute Gasteiger partial charge is 0.322 e. The summed E-state index contributed by atoms with van der Waals surface area (Å²) in [5, 5.41) is 3.71. The summed E-state index contributed by atoms with van der Waals surface area (Å²) in [6.45, 7) is 9.78. The van der Waals surface area contributed by atoms with Crippen molar-refractivity contribution in [3.8, 4) is 0 Å². The highest BCUT2D eigenvalue weighted by Gasteiger charge is 2.51. The first kappa shape index (κ1) is 27.2. The van der Waals surface area contributed by atoms with Crippen LogP contribution in [0.5, 0.6) is 0 Å². The average Bonchev–Trinajstić information content (AvgIpc) is 2.92. The summed E-state index contributed by atoms with van der Waals surface area (Å²) in [6, 6.07) is 14.7. The number of carbonyl (C=O) groups is 2. The molecule has 0 aromatic heterocycles. The molecule has 38 heavy (non-hydrogen) atoms. The standard InChI is InChI=1S/C30H36BrClN4O2/c1-30(2)23-6-3-22(27(30)19-23)20-36(29(38)33-26-11-9-25(32)10-12-26)18-15-34-13-16-35(17-14-34)28(37)21-4-7-24(31)8-5-21/h3-5,7-12,23,27H,6,13-20H2,1-2H3,(H,33,38). The molecule has 4 aliphatic rings. The lowest BCUT2D eigenvalue weighted by atomic mass is 9.49. The second kappa shape index (κ2) is 11.4. The van der Waals surface area contributed by atoms with Gasteiger partial charge in [-0.1, -0.05) is 53.0 Å². The van der Waals surface area contributed by atoms with Crippen LogP contribution in [0.1, 0.15) is 37.0 Å². The van der Waals surface area contributed by atoms with E-state index in [0.29, 0.717) is 48.1 Å². The number of nitrogens with zero attached hydrogens (tertiary/aromatic N) is 3. The maximum absolute atomic E-state index is 13.4. The Morgan fingerprint density at radius 1 is 1.05 bits per heavy atom. The number of hydrogen-bond donors (Lipinski definition) is 1. The van der Waals surface area contributed by atoms with Gasteiger partial charge < -0.3 is 15.1 Å². The summed E-state index contributed by atoms with van der Waals surface area (Å²) in [5.74, 6) is 1.40. The molecule has 1 saturated heterocycles. The van der Waals surface area contributed by atoms with Gasteiger partial charge in [0.05, 0.1) is 0 Å². The van der Waals surface area contributed by atoms with Crippen molar-refractivity contribution in [2.75, 3.05) is 51.1 Å². The van der Waals surface area contributed by atoms with Crippen LogP contribution in [0.15, 0.2) is 64.7 Å². The van der Waals surface area contributed by atoms with E-state index in [9.17, 15) is 9.59 Å². The van der Waals surface area contributed by atoms with Gasteiger partial charge in [0.2, 0.25) is 0 Å². The van der Waals surface area contributed by atoms with Gasteiger partial charge in [-0.25, -0.2) is 4.79 Å². The fourth-order valence-corrected chi connectivity index (χ4v) is 6.47. The van der Waals surface area contributed by atoms with Crippen molar-refractivity contribution in [3.63, 3.8) is 0 Å². The number of amides is 3. The van der Waals surface area contributed by atoms with Crippen LogP contribution in [0.2, 0.25) is 5.02 Å². The van der Waals surface area contributed by atoms with Crippen LogP contribution < -0.4 is 5.32 Å². The van der Waals surface area contributed by atoms with Gasteiger partial charge in [0.25, 0.3) is 5.91 Å². The van der Waals surface area contributed by atoms with Gasteiger partial charge in [-0.05, 0) is 78.6 Å². The molecule has 1 N–H and O–H groups in total. The Balaban J connectivity index is 1.19. The normalized spacial score (nSPS) is 22.3. The number of fused-ring (bicyclic) bond motifs is 1. The fraction of sp³-hybridized carbons (Fsp3) is 0.467. The maximum atomic E-state index is 13.4. The van der Waals surface area contributed by atoms with Crippen LogP contribution in [-0.2, 0) is 0 Å². The summed E-state index contributed by atoms with van der Waals surface area (Å²) >= 11 is 9.46. The predicted octanol–water partition coefficient (Wildman–Crippen LogP) is 6.39. The number of piperazine rings is 1. The Labute approximate surface area is 239 Å². The lowest BCUT2D eigenvalue weighted by molar-refractivity contribution is -0.00970. The molecule has 3 amide bonds. The minimum Gasteiger partial charge on any atom is -0.336 e. The Kier molecular flexibility index (Phi) is 8.17. The number of nitrogens with one attached hydrogen (secondary N) is 1. The summed E-state index contributed by atoms with van der Waals surface area (Å²) in [4.78, 5) is 32.5. The van der Waals surface area contributed by atoms with Gasteiger partial charge in [0, 0.05) is 66.6 Å². The molecule has 2 atom stereocenters. The molecule has 1 aliphatic heterocycles. The van der Waals surface area contributed by atoms with E-state index in [-0.39, 0.29) is 11.9 Å².